The number of quaternary nitrogens is 2. The van der Waals surface area contributed by atoms with Gasteiger partial charge in [0.25, 0.3) is 5.91 Å². The molecule has 0 bridgehead atoms. The molecule has 4 rings (SSSR count). The lowest BCUT2D eigenvalue weighted by Gasteiger charge is -2.29. The van der Waals surface area contributed by atoms with E-state index in [1.165, 1.54) is 9.80 Å². The molecule has 2 aromatic carbocycles. The third kappa shape index (κ3) is 4.81. The van der Waals surface area contributed by atoms with Gasteiger partial charge in [0.15, 0.2) is 6.54 Å². The Labute approximate surface area is 182 Å². The van der Waals surface area contributed by atoms with Crippen molar-refractivity contribution >= 4 is 34.1 Å². The Morgan fingerprint density at radius 1 is 1.00 bits per heavy atom. The van der Waals surface area contributed by atoms with E-state index in [-0.39, 0.29) is 5.91 Å². The van der Waals surface area contributed by atoms with Gasteiger partial charge in [-0.05, 0) is 37.1 Å². The van der Waals surface area contributed by atoms with Gasteiger partial charge in [0.05, 0.1) is 5.52 Å². The predicted molar refractivity (Wildman–Crippen MR) is 121 cm³/mol. The summed E-state index contributed by atoms with van der Waals surface area (Å²) in [5.41, 5.74) is 5.19. The van der Waals surface area contributed by atoms with Gasteiger partial charge >= 0.3 is 0 Å². The van der Waals surface area contributed by atoms with E-state index in [1.807, 2.05) is 50.2 Å². The number of anilines is 1. The van der Waals surface area contributed by atoms with Gasteiger partial charge in [-0.15, -0.1) is 0 Å². The van der Waals surface area contributed by atoms with Gasteiger partial charge in [-0.2, -0.15) is 0 Å². The minimum absolute atomic E-state index is 0.0904. The number of fused-ring (bicyclic) bond motifs is 1. The number of para-hydroxylation sites is 2. The molecule has 1 fully saturated rings. The first-order valence-corrected chi connectivity index (χ1v) is 10.9. The monoisotopic (exact) mass is 424 g/mol. The summed E-state index contributed by atoms with van der Waals surface area (Å²) in [6, 6.07) is 16.3. The van der Waals surface area contributed by atoms with E-state index in [1.54, 1.807) is 0 Å². The Bertz CT molecular complexity index is 1040. The van der Waals surface area contributed by atoms with Gasteiger partial charge in [-0.25, -0.2) is 4.98 Å². The first-order chi connectivity index (χ1) is 14.5. The molecule has 3 N–H and O–H groups in total. The van der Waals surface area contributed by atoms with E-state index in [4.69, 9.17) is 11.6 Å². The molecule has 0 spiro atoms. The van der Waals surface area contributed by atoms with Crippen molar-refractivity contribution in [2.75, 3.05) is 38.0 Å². The highest BCUT2D eigenvalue weighted by atomic mass is 35.5. The zero-order valence-electron chi connectivity index (χ0n) is 17.6. The van der Waals surface area contributed by atoms with Crippen LogP contribution in [0.15, 0.2) is 48.5 Å². The minimum atomic E-state index is 0.0904. The Hall–Kier alpha value is -2.47. The van der Waals surface area contributed by atoms with Crippen molar-refractivity contribution in [3.8, 4) is 0 Å². The average molecular weight is 425 g/mol. The van der Waals surface area contributed by atoms with Crippen molar-refractivity contribution in [3.05, 3.63) is 70.4 Å². The number of piperazine rings is 1. The van der Waals surface area contributed by atoms with Crippen LogP contribution in [0.5, 0.6) is 0 Å². The predicted octanol–water partition coefficient (Wildman–Crippen LogP) is 1.43. The molecule has 1 aromatic heterocycles. The number of aryl methyl sites for hydroxylation is 2. The second-order valence-corrected chi connectivity index (χ2v) is 8.66. The molecule has 1 amide bonds. The van der Waals surface area contributed by atoms with Crippen LogP contribution in [0.3, 0.4) is 0 Å². The number of aromatic nitrogens is 1. The average Bonchev–Trinajstić information content (AvgIpc) is 2.73. The SMILES string of the molecule is Cc1cccc(C)c1NC(=O)C[NH+]1CC[NH+](Cc2cc3ccccc3nc2Cl)CC1. The molecule has 1 aliphatic heterocycles. The molecule has 0 unspecified atom stereocenters. The quantitative estimate of drug-likeness (QED) is 0.543. The summed E-state index contributed by atoms with van der Waals surface area (Å²) >= 11 is 6.44. The summed E-state index contributed by atoms with van der Waals surface area (Å²) in [6.45, 7) is 9.46. The van der Waals surface area contributed by atoms with Crippen molar-refractivity contribution in [2.45, 2.75) is 20.4 Å². The lowest BCUT2D eigenvalue weighted by Crippen LogP contribution is -3.28. The van der Waals surface area contributed by atoms with Crippen molar-refractivity contribution in [2.24, 2.45) is 0 Å². The van der Waals surface area contributed by atoms with Gasteiger partial charge in [0.1, 0.15) is 37.9 Å². The summed E-state index contributed by atoms with van der Waals surface area (Å²) < 4.78 is 0. The van der Waals surface area contributed by atoms with Crippen LogP contribution in [-0.2, 0) is 11.3 Å². The minimum Gasteiger partial charge on any atom is -0.322 e. The summed E-state index contributed by atoms with van der Waals surface area (Å²) in [5.74, 6) is 0.0904. The maximum atomic E-state index is 12.6. The summed E-state index contributed by atoms with van der Waals surface area (Å²) in [5, 5.41) is 4.84. The van der Waals surface area contributed by atoms with E-state index >= 15 is 0 Å². The normalized spacial score (nSPS) is 19.0. The number of nitrogens with one attached hydrogen (secondary N) is 3. The highest BCUT2D eigenvalue weighted by molar-refractivity contribution is 6.30. The number of rotatable bonds is 5. The first kappa shape index (κ1) is 20.8. The van der Waals surface area contributed by atoms with Crippen molar-refractivity contribution < 1.29 is 14.6 Å². The molecule has 156 valence electrons. The van der Waals surface area contributed by atoms with Gasteiger partial charge in [0, 0.05) is 16.6 Å². The molecular formula is C24H29ClN4O+2. The first-order valence-electron chi connectivity index (χ1n) is 10.6. The highest BCUT2D eigenvalue weighted by Gasteiger charge is 2.26. The van der Waals surface area contributed by atoms with E-state index in [2.05, 4.69) is 22.4 Å². The zero-order valence-corrected chi connectivity index (χ0v) is 18.4. The third-order valence-corrected chi connectivity index (χ3v) is 6.34. The molecule has 6 heteroatoms. The lowest BCUT2D eigenvalue weighted by molar-refractivity contribution is -1.02. The van der Waals surface area contributed by atoms with Crippen LogP contribution < -0.4 is 15.1 Å². The number of hydrogen-bond acceptors (Lipinski definition) is 2. The number of hydrogen-bond donors (Lipinski definition) is 3. The second-order valence-electron chi connectivity index (χ2n) is 8.30. The summed E-state index contributed by atoms with van der Waals surface area (Å²) in [7, 11) is 0. The maximum Gasteiger partial charge on any atom is 0.279 e. The number of benzene rings is 2. The van der Waals surface area contributed by atoms with Crippen LogP contribution >= 0.6 is 11.6 Å². The Morgan fingerprint density at radius 3 is 2.40 bits per heavy atom. The molecule has 3 aromatic rings. The number of nitrogens with zero attached hydrogens (tertiary/aromatic N) is 1. The fourth-order valence-electron chi connectivity index (χ4n) is 4.26. The van der Waals surface area contributed by atoms with Gasteiger partial charge < -0.3 is 15.1 Å². The fourth-order valence-corrected chi connectivity index (χ4v) is 4.47. The van der Waals surface area contributed by atoms with Crippen LogP contribution in [-0.4, -0.2) is 43.6 Å². The van der Waals surface area contributed by atoms with E-state index in [0.717, 1.165) is 66.0 Å². The largest absolute Gasteiger partial charge is 0.322 e. The van der Waals surface area contributed by atoms with Gasteiger partial charge in [-0.3, -0.25) is 4.79 Å². The number of pyridine rings is 1. The Morgan fingerprint density at radius 2 is 1.67 bits per heavy atom. The van der Waals surface area contributed by atoms with Crippen LogP contribution in [0, 0.1) is 13.8 Å². The summed E-state index contributed by atoms with van der Waals surface area (Å²) in [6.07, 6.45) is 0. The molecular weight excluding hydrogens is 396 g/mol. The van der Waals surface area contributed by atoms with Crippen LogP contribution in [0.2, 0.25) is 5.15 Å². The number of carbonyl (C=O) groups excluding carboxylic acids is 1. The topological polar surface area (TPSA) is 50.9 Å². The second kappa shape index (κ2) is 9.13. The molecule has 0 aliphatic carbocycles. The molecule has 0 radical (unpaired) electrons. The fraction of sp³-hybridized carbons (Fsp3) is 0.333. The van der Waals surface area contributed by atoms with Crippen molar-refractivity contribution in [1.29, 1.82) is 0 Å². The standard InChI is InChI=1S/C24H27ClN4O/c1-17-6-5-7-18(2)23(17)27-22(30)16-29-12-10-28(11-13-29)15-20-14-19-8-3-4-9-21(19)26-24(20)25/h3-9,14H,10-13,15-16H2,1-2H3,(H,27,30)/p+2. The van der Waals surface area contributed by atoms with Crippen molar-refractivity contribution in [1.82, 2.24) is 4.98 Å². The number of carbonyl (C=O) groups is 1. The lowest BCUT2D eigenvalue weighted by atomic mass is 10.1. The number of amides is 1. The molecule has 0 atom stereocenters. The molecule has 1 saturated heterocycles. The maximum absolute atomic E-state index is 12.6. The third-order valence-electron chi connectivity index (χ3n) is 6.01. The van der Waals surface area contributed by atoms with E-state index in [0.29, 0.717) is 11.7 Å². The number of halogens is 1. The Kier molecular flexibility index (Phi) is 6.32. The van der Waals surface area contributed by atoms with Crippen LogP contribution in [0.1, 0.15) is 16.7 Å². The molecule has 30 heavy (non-hydrogen) atoms. The van der Waals surface area contributed by atoms with Gasteiger partial charge in [0.2, 0.25) is 0 Å². The van der Waals surface area contributed by atoms with Crippen molar-refractivity contribution in [3.63, 3.8) is 0 Å². The van der Waals surface area contributed by atoms with Crippen LogP contribution in [0.4, 0.5) is 5.69 Å². The smallest absolute Gasteiger partial charge is 0.279 e. The molecule has 2 heterocycles. The van der Waals surface area contributed by atoms with E-state index in [9.17, 15) is 4.79 Å². The zero-order chi connectivity index (χ0) is 21.1. The molecule has 1 aliphatic rings. The van der Waals surface area contributed by atoms with Crippen LogP contribution in [0.25, 0.3) is 10.9 Å². The Balaban J connectivity index is 1.31. The molecule has 5 nitrogen and oxygen atoms in total. The summed E-state index contributed by atoms with van der Waals surface area (Å²) in [4.78, 5) is 19.9. The van der Waals surface area contributed by atoms with E-state index < -0.39 is 0 Å². The van der Waals surface area contributed by atoms with Gasteiger partial charge in [-0.1, -0.05) is 48.0 Å². The molecule has 0 saturated carbocycles. The highest BCUT2D eigenvalue weighted by Crippen LogP contribution is 2.20.